The number of hydrogen-bond acceptors (Lipinski definition) is 4. The van der Waals surface area contributed by atoms with Crippen LogP contribution in [0, 0.1) is 11.8 Å². The van der Waals surface area contributed by atoms with E-state index in [2.05, 4.69) is 11.8 Å². The maximum Gasteiger partial charge on any atom is 0.299 e. The molecule has 0 spiro atoms. The van der Waals surface area contributed by atoms with Crippen LogP contribution in [0.1, 0.15) is 19.8 Å². The highest BCUT2D eigenvalue weighted by molar-refractivity contribution is 8.03. The Kier molecular flexibility index (Phi) is 6.14. The fourth-order valence-electron chi connectivity index (χ4n) is 3.04. The third-order valence-corrected chi connectivity index (χ3v) is 4.91. The van der Waals surface area contributed by atoms with Crippen molar-refractivity contribution in [3.63, 3.8) is 0 Å². The van der Waals surface area contributed by atoms with Crippen LogP contribution < -0.4 is 0 Å². The van der Waals surface area contributed by atoms with Crippen molar-refractivity contribution < 1.29 is 9.59 Å². The van der Waals surface area contributed by atoms with Crippen molar-refractivity contribution in [1.82, 2.24) is 14.7 Å². The van der Waals surface area contributed by atoms with Gasteiger partial charge in [-0.15, -0.1) is 11.8 Å². The smallest absolute Gasteiger partial charge is 0.299 e. The van der Waals surface area contributed by atoms with E-state index in [4.69, 9.17) is 0 Å². The first-order chi connectivity index (χ1) is 11.0. The average molecular weight is 335 g/mol. The summed E-state index contributed by atoms with van der Waals surface area (Å²) in [4.78, 5) is 31.2. The number of allylic oxidation sites excluding steroid dienone is 1. The van der Waals surface area contributed by atoms with Crippen LogP contribution in [0.2, 0.25) is 0 Å². The quantitative estimate of drug-likeness (QED) is 0.568. The van der Waals surface area contributed by atoms with Gasteiger partial charge < -0.3 is 9.80 Å². The summed E-state index contributed by atoms with van der Waals surface area (Å²) >= 11 is 1.50. The first kappa shape index (κ1) is 17.9. The average Bonchev–Trinajstić information content (AvgIpc) is 2.51. The van der Waals surface area contributed by atoms with Gasteiger partial charge in [0, 0.05) is 13.1 Å². The summed E-state index contributed by atoms with van der Waals surface area (Å²) in [5, 5.41) is 0. The van der Waals surface area contributed by atoms with Crippen LogP contribution in [0.4, 0.5) is 0 Å². The highest BCUT2D eigenvalue weighted by Crippen LogP contribution is 2.33. The highest BCUT2D eigenvalue weighted by atomic mass is 32.2. The molecule has 3 heterocycles. The molecule has 3 rings (SSSR count). The summed E-state index contributed by atoms with van der Waals surface area (Å²) < 4.78 is 0. The number of piperazine rings is 1. The number of nitrogens with zero attached hydrogens (tertiary/aromatic N) is 3. The lowest BCUT2D eigenvalue weighted by Crippen LogP contribution is -2.70. The van der Waals surface area contributed by atoms with Gasteiger partial charge in [0.2, 0.25) is 0 Å². The molecule has 0 aromatic carbocycles. The summed E-state index contributed by atoms with van der Waals surface area (Å²) in [5.74, 6) is 5.61. The molecule has 0 aliphatic carbocycles. The monoisotopic (exact) mass is 335 g/mol. The first-order valence-corrected chi connectivity index (χ1v) is 9.19. The minimum Gasteiger partial charge on any atom is -0.334 e. The van der Waals surface area contributed by atoms with Crippen LogP contribution in [-0.2, 0) is 9.59 Å². The Labute approximate surface area is 143 Å². The number of fused-ring (bicyclic) bond motifs is 2. The lowest BCUT2D eigenvalue weighted by atomic mass is 9.87. The fraction of sp³-hybridized carbons (Fsp3) is 0.647. The molecule has 5 nitrogen and oxygen atoms in total. The topological polar surface area (TPSA) is 43.9 Å². The molecule has 0 radical (unpaired) electrons. The summed E-state index contributed by atoms with van der Waals surface area (Å²) in [7, 11) is 3.85. The van der Waals surface area contributed by atoms with E-state index in [1.165, 1.54) is 11.8 Å². The molecule has 0 saturated carbocycles. The molecule has 23 heavy (non-hydrogen) atoms. The van der Waals surface area contributed by atoms with Crippen LogP contribution in [0.5, 0.6) is 0 Å². The van der Waals surface area contributed by atoms with Crippen molar-refractivity contribution in [2.75, 3.05) is 40.0 Å². The van der Waals surface area contributed by atoms with E-state index < -0.39 is 0 Å². The van der Waals surface area contributed by atoms with Crippen molar-refractivity contribution in [2.45, 2.75) is 31.8 Å². The Morgan fingerprint density at radius 1 is 1.30 bits per heavy atom. The standard InChI is InChI=1S/C17H25N3O2S/c1-5-7-15(23-4)17(22)19-11-13-10-14(12-19)20(13)16(21)8-6-9-18(2)3/h7,13-14H,5,9-12H2,1-4H3/b15-7-. The van der Waals surface area contributed by atoms with E-state index >= 15 is 0 Å². The predicted molar refractivity (Wildman–Crippen MR) is 93.8 cm³/mol. The Morgan fingerprint density at radius 3 is 2.48 bits per heavy atom. The minimum atomic E-state index is -0.102. The van der Waals surface area contributed by atoms with Gasteiger partial charge in [-0.2, -0.15) is 0 Å². The largest absolute Gasteiger partial charge is 0.334 e. The Morgan fingerprint density at radius 2 is 1.96 bits per heavy atom. The molecule has 6 heteroatoms. The number of rotatable bonds is 4. The second-order valence-corrected chi connectivity index (χ2v) is 7.03. The van der Waals surface area contributed by atoms with E-state index in [1.807, 2.05) is 48.1 Å². The molecule has 3 fully saturated rings. The first-order valence-electron chi connectivity index (χ1n) is 7.97. The van der Waals surface area contributed by atoms with Crippen molar-refractivity contribution in [3.05, 3.63) is 11.0 Å². The molecule has 3 aliphatic heterocycles. The van der Waals surface area contributed by atoms with Gasteiger partial charge >= 0.3 is 0 Å². The SMILES string of the molecule is CC/C=C(\SC)C(=O)N1CC2CC(C1)N2C(=O)C#CCN(C)C. The van der Waals surface area contributed by atoms with Crippen molar-refractivity contribution in [3.8, 4) is 11.8 Å². The lowest BCUT2D eigenvalue weighted by Gasteiger charge is -2.55. The van der Waals surface area contributed by atoms with Gasteiger partial charge in [0.25, 0.3) is 11.8 Å². The van der Waals surface area contributed by atoms with Gasteiger partial charge in [0.1, 0.15) is 0 Å². The van der Waals surface area contributed by atoms with Gasteiger partial charge in [-0.1, -0.05) is 18.9 Å². The van der Waals surface area contributed by atoms with Crippen LogP contribution >= 0.6 is 11.8 Å². The molecular formula is C17H25N3O2S. The van der Waals surface area contributed by atoms with E-state index in [0.717, 1.165) is 17.7 Å². The lowest BCUT2D eigenvalue weighted by molar-refractivity contribution is -0.154. The molecule has 126 valence electrons. The van der Waals surface area contributed by atoms with E-state index in [1.54, 1.807) is 0 Å². The molecule has 2 amide bonds. The zero-order chi connectivity index (χ0) is 17.0. The maximum atomic E-state index is 12.5. The molecule has 0 aromatic heterocycles. The second kappa shape index (κ2) is 7.89. The number of amides is 2. The molecule has 2 atom stereocenters. The van der Waals surface area contributed by atoms with Gasteiger partial charge in [-0.05, 0) is 39.1 Å². The van der Waals surface area contributed by atoms with Crippen LogP contribution in [0.25, 0.3) is 0 Å². The van der Waals surface area contributed by atoms with Gasteiger partial charge in [0.05, 0.1) is 23.5 Å². The summed E-state index contributed by atoms with van der Waals surface area (Å²) in [6, 6.07) is 0.257. The van der Waals surface area contributed by atoms with Gasteiger partial charge in [-0.3, -0.25) is 14.5 Å². The molecule has 0 aromatic rings. The van der Waals surface area contributed by atoms with Gasteiger partial charge in [-0.25, -0.2) is 0 Å². The fourth-order valence-corrected chi connectivity index (χ4v) is 3.68. The van der Waals surface area contributed by atoms with E-state index in [-0.39, 0.29) is 23.9 Å². The number of piperidine rings is 1. The Hall–Kier alpha value is -1.45. The van der Waals surface area contributed by atoms with E-state index in [9.17, 15) is 9.59 Å². The third kappa shape index (κ3) is 4.10. The van der Waals surface area contributed by atoms with Crippen LogP contribution in [-0.4, -0.2) is 78.6 Å². The molecular weight excluding hydrogens is 310 g/mol. The summed E-state index contributed by atoms with van der Waals surface area (Å²) in [5.41, 5.74) is 0. The number of carbonyl (C=O) groups is 2. The minimum absolute atomic E-state index is 0.0971. The molecule has 3 aliphatic rings. The number of carbonyl (C=O) groups excluding carboxylic acids is 2. The van der Waals surface area contributed by atoms with Crippen molar-refractivity contribution >= 4 is 23.6 Å². The highest BCUT2D eigenvalue weighted by Gasteiger charge is 2.48. The van der Waals surface area contributed by atoms with Crippen molar-refractivity contribution in [1.29, 1.82) is 0 Å². The number of hydrogen-bond donors (Lipinski definition) is 0. The zero-order valence-electron chi connectivity index (χ0n) is 14.3. The Balaban J connectivity index is 1.94. The predicted octanol–water partition coefficient (Wildman–Crippen LogP) is 1.02. The van der Waals surface area contributed by atoms with Gasteiger partial charge in [0.15, 0.2) is 0 Å². The number of thioether (sulfide) groups is 1. The van der Waals surface area contributed by atoms with Crippen LogP contribution in [0.3, 0.4) is 0 Å². The zero-order valence-corrected chi connectivity index (χ0v) is 15.2. The molecule has 0 N–H and O–H groups in total. The third-order valence-electron chi connectivity index (χ3n) is 4.13. The van der Waals surface area contributed by atoms with E-state index in [0.29, 0.717) is 19.6 Å². The second-order valence-electron chi connectivity index (χ2n) is 6.19. The van der Waals surface area contributed by atoms with Crippen molar-refractivity contribution in [2.24, 2.45) is 0 Å². The van der Waals surface area contributed by atoms with Crippen LogP contribution in [0.15, 0.2) is 11.0 Å². The molecule has 2 unspecified atom stereocenters. The molecule has 3 saturated heterocycles. The summed E-state index contributed by atoms with van der Waals surface area (Å²) in [6.07, 6.45) is 5.74. The Bertz CT molecular complexity index is 550. The maximum absolute atomic E-state index is 12.5. The summed E-state index contributed by atoms with van der Waals surface area (Å²) in [6.45, 7) is 3.86. The normalized spacial score (nSPS) is 23.3. The molecule has 2 bridgehead atoms.